The van der Waals surface area contributed by atoms with Crippen LogP contribution in [-0.2, 0) is 5.60 Å². The minimum Gasteiger partial charge on any atom is -0.497 e. The number of hydrogen-bond donors (Lipinski definition) is 1. The van der Waals surface area contributed by atoms with Crippen molar-refractivity contribution in [2.24, 2.45) is 5.41 Å². The molecule has 0 saturated heterocycles. The van der Waals surface area contributed by atoms with Crippen LogP contribution < -0.4 is 9.47 Å². The van der Waals surface area contributed by atoms with Crippen LogP contribution in [0.25, 0.3) is 0 Å². The largest absolute Gasteiger partial charge is 0.497 e. The fraction of sp³-hybridized carbons (Fsp3) is 0.368. The first-order valence-electron chi connectivity index (χ1n) is 7.62. The summed E-state index contributed by atoms with van der Waals surface area (Å²) in [6, 6.07) is 17.4. The van der Waals surface area contributed by atoms with Crippen molar-refractivity contribution < 1.29 is 14.6 Å². The molecule has 0 aliphatic heterocycles. The van der Waals surface area contributed by atoms with Gasteiger partial charge in [0, 0.05) is 5.41 Å². The lowest BCUT2D eigenvalue weighted by atomic mass is 9.55. The third-order valence-electron chi connectivity index (χ3n) is 4.91. The molecule has 3 rings (SSSR count). The summed E-state index contributed by atoms with van der Waals surface area (Å²) < 4.78 is 11.1. The number of benzene rings is 2. The molecular weight excluding hydrogens is 276 g/mol. The second-order valence-corrected chi connectivity index (χ2v) is 6.25. The van der Waals surface area contributed by atoms with Crippen LogP contribution in [0.15, 0.2) is 54.6 Å². The predicted octanol–water partition coefficient (Wildman–Crippen LogP) is 3.76. The molecule has 3 nitrogen and oxygen atoms in total. The molecule has 1 aliphatic rings. The van der Waals surface area contributed by atoms with Gasteiger partial charge in [0.1, 0.15) is 11.5 Å². The Hall–Kier alpha value is -2.00. The molecule has 0 bridgehead atoms. The van der Waals surface area contributed by atoms with E-state index in [1.807, 2.05) is 54.6 Å². The smallest absolute Gasteiger partial charge is 0.119 e. The second kappa shape index (κ2) is 5.65. The Morgan fingerprint density at radius 2 is 1.59 bits per heavy atom. The van der Waals surface area contributed by atoms with E-state index < -0.39 is 5.60 Å². The van der Waals surface area contributed by atoms with Gasteiger partial charge in [-0.05, 0) is 42.7 Å². The van der Waals surface area contributed by atoms with Crippen molar-refractivity contribution in [3.8, 4) is 11.5 Å². The minimum atomic E-state index is -0.805. The molecule has 1 saturated carbocycles. The van der Waals surface area contributed by atoms with Gasteiger partial charge in [0.25, 0.3) is 0 Å². The molecule has 2 atom stereocenters. The van der Waals surface area contributed by atoms with Gasteiger partial charge in [-0.25, -0.2) is 0 Å². The summed E-state index contributed by atoms with van der Waals surface area (Å²) in [5.41, 5.74) is -0.100. The number of rotatable bonds is 5. The number of ether oxygens (including phenoxy) is 2. The molecule has 0 radical (unpaired) electrons. The molecule has 22 heavy (non-hydrogen) atoms. The van der Waals surface area contributed by atoms with Crippen molar-refractivity contribution in [1.82, 2.24) is 0 Å². The number of methoxy groups -OCH3 is 1. The van der Waals surface area contributed by atoms with Crippen LogP contribution >= 0.6 is 0 Å². The van der Waals surface area contributed by atoms with E-state index in [1.54, 1.807) is 7.11 Å². The van der Waals surface area contributed by atoms with Crippen molar-refractivity contribution >= 4 is 0 Å². The lowest BCUT2D eigenvalue weighted by Gasteiger charge is -2.54. The molecule has 0 unspecified atom stereocenters. The van der Waals surface area contributed by atoms with Crippen molar-refractivity contribution in [3.63, 3.8) is 0 Å². The second-order valence-electron chi connectivity index (χ2n) is 6.25. The van der Waals surface area contributed by atoms with Gasteiger partial charge < -0.3 is 14.6 Å². The Morgan fingerprint density at radius 1 is 0.955 bits per heavy atom. The highest BCUT2D eigenvalue weighted by Gasteiger charge is 2.56. The van der Waals surface area contributed by atoms with E-state index in [9.17, 15) is 5.11 Å². The highest BCUT2D eigenvalue weighted by Crippen LogP contribution is 2.56. The van der Waals surface area contributed by atoms with E-state index in [2.05, 4.69) is 6.92 Å². The molecular formula is C19H22O3. The Kier molecular flexibility index (Phi) is 3.83. The third-order valence-corrected chi connectivity index (χ3v) is 4.91. The van der Waals surface area contributed by atoms with E-state index in [1.165, 1.54) is 0 Å². The first-order chi connectivity index (χ1) is 10.6. The molecule has 0 heterocycles. The normalized spacial score (nSPS) is 27.0. The Bertz CT molecular complexity index is 623. The first-order valence-corrected chi connectivity index (χ1v) is 7.62. The Labute approximate surface area is 131 Å². The highest BCUT2D eigenvalue weighted by atomic mass is 16.5. The summed E-state index contributed by atoms with van der Waals surface area (Å²) >= 11 is 0. The monoisotopic (exact) mass is 298 g/mol. The fourth-order valence-corrected chi connectivity index (χ4v) is 3.10. The maximum Gasteiger partial charge on any atom is 0.119 e. The standard InChI is InChI=1S/C19H22O3/c1-18(14-22-17-10-8-16(21-2)9-11-17)12-13-19(18,20)15-6-4-3-5-7-15/h3-11,20H,12-14H2,1-2H3/t18-,19-/m0/s1. The average molecular weight is 298 g/mol. The van der Waals surface area contributed by atoms with Gasteiger partial charge in [0.15, 0.2) is 0 Å². The molecule has 2 aromatic carbocycles. The predicted molar refractivity (Wildman–Crippen MR) is 86.2 cm³/mol. The third kappa shape index (κ3) is 2.46. The Balaban J connectivity index is 1.71. The zero-order chi connectivity index (χ0) is 15.6. The maximum atomic E-state index is 11.1. The zero-order valence-corrected chi connectivity index (χ0v) is 13.1. The van der Waals surface area contributed by atoms with Gasteiger partial charge in [-0.2, -0.15) is 0 Å². The van der Waals surface area contributed by atoms with Crippen molar-refractivity contribution in [3.05, 3.63) is 60.2 Å². The van der Waals surface area contributed by atoms with Gasteiger partial charge in [0.2, 0.25) is 0 Å². The first kappa shape index (κ1) is 14.9. The van der Waals surface area contributed by atoms with Crippen LogP contribution in [0.1, 0.15) is 25.3 Å². The molecule has 2 aromatic rings. The van der Waals surface area contributed by atoms with Gasteiger partial charge in [-0.1, -0.05) is 37.3 Å². The van der Waals surface area contributed by atoms with Crippen molar-refractivity contribution in [1.29, 1.82) is 0 Å². The summed E-state index contributed by atoms with van der Waals surface area (Å²) in [6.45, 7) is 2.58. The fourth-order valence-electron chi connectivity index (χ4n) is 3.10. The summed E-state index contributed by atoms with van der Waals surface area (Å²) in [5, 5.41) is 11.1. The van der Waals surface area contributed by atoms with Crippen LogP contribution in [0.3, 0.4) is 0 Å². The van der Waals surface area contributed by atoms with Crippen molar-refractivity contribution in [2.75, 3.05) is 13.7 Å². The van der Waals surface area contributed by atoms with Gasteiger partial charge in [0.05, 0.1) is 19.3 Å². The molecule has 1 N–H and O–H groups in total. The van der Waals surface area contributed by atoms with Crippen LogP contribution in [-0.4, -0.2) is 18.8 Å². The van der Waals surface area contributed by atoms with Crippen LogP contribution in [0.4, 0.5) is 0 Å². The summed E-state index contributed by atoms with van der Waals surface area (Å²) in [4.78, 5) is 0. The lowest BCUT2D eigenvalue weighted by Crippen LogP contribution is -2.56. The minimum absolute atomic E-state index is 0.270. The number of hydrogen-bond acceptors (Lipinski definition) is 3. The molecule has 1 aliphatic carbocycles. The average Bonchev–Trinajstić information content (AvgIpc) is 2.59. The van der Waals surface area contributed by atoms with Crippen LogP contribution in [0.2, 0.25) is 0 Å². The lowest BCUT2D eigenvalue weighted by molar-refractivity contribution is -0.180. The maximum absolute atomic E-state index is 11.1. The molecule has 3 heteroatoms. The zero-order valence-electron chi connectivity index (χ0n) is 13.1. The molecule has 116 valence electrons. The van der Waals surface area contributed by atoms with E-state index in [-0.39, 0.29) is 5.41 Å². The molecule has 1 fully saturated rings. The number of aliphatic hydroxyl groups is 1. The van der Waals surface area contributed by atoms with E-state index in [4.69, 9.17) is 9.47 Å². The van der Waals surface area contributed by atoms with Gasteiger partial charge in [-0.15, -0.1) is 0 Å². The summed E-state index contributed by atoms with van der Waals surface area (Å²) in [5.74, 6) is 1.60. The van der Waals surface area contributed by atoms with Crippen molar-refractivity contribution in [2.45, 2.75) is 25.4 Å². The summed E-state index contributed by atoms with van der Waals surface area (Å²) in [6.07, 6.45) is 1.73. The quantitative estimate of drug-likeness (QED) is 0.913. The van der Waals surface area contributed by atoms with E-state index >= 15 is 0 Å². The molecule has 0 aromatic heterocycles. The summed E-state index contributed by atoms with van der Waals surface area (Å²) in [7, 11) is 1.64. The molecule has 0 spiro atoms. The van der Waals surface area contributed by atoms with Gasteiger partial charge >= 0.3 is 0 Å². The van der Waals surface area contributed by atoms with Gasteiger partial charge in [-0.3, -0.25) is 0 Å². The van der Waals surface area contributed by atoms with E-state index in [0.29, 0.717) is 6.61 Å². The van der Waals surface area contributed by atoms with Crippen LogP contribution in [0, 0.1) is 5.41 Å². The van der Waals surface area contributed by atoms with E-state index in [0.717, 1.165) is 29.9 Å². The molecule has 0 amide bonds. The van der Waals surface area contributed by atoms with Crippen LogP contribution in [0.5, 0.6) is 11.5 Å². The topological polar surface area (TPSA) is 38.7 Å². The Morgan fingerprint density at radius 3 is 2.14 bits per heavy atom. The SMILES string of the molecule is COc1ccc(OC[C@]2(C)CC[C@]2(O)c2ccccc2)cc1. The highest BCUT2D eigenvalue weighted by molar-refractivity contribution is 5.32.